The Balaban J connectivity index is 2.13. The molecule has 0 heterocycles. The second-order valence-electron chi connectivity index (χ2n) is 5.67. The molecule has 1 aromatic carbocycles. The minimum absolute atomic E-state index is 0.124. The third-order valence-electron chi connectivity index (χ3n) is 4.04. The van der Waals surface area contributed by atoms with E-state index >= 15 is 0 Å². The lowest BCUT2D eigenvalue weighted by molar-refractivity contribution is 0.0874. The average Bonchev–Trinajstić information content (AvgIpc) is 2.41. The highest BCUT2D eigenvalue weighted by molar-refractivity contribution is 9.09. The lowest BCUT2D eigenvalue weighted by atomic mass is 9.78. The summed E-state index contributed by atoms with van der Waals surface area (Å²) in [5.74, 6) is 0.610. The smallest absolute Gasteiger partial charge is 0.253 e. The first kappa shape index (κ1) is 16.1. The predicted molar refractivity (Wildman–Crippen MR) is 88.1 cm³/mol. The van der Waals surface area contributed by atoms with E-state index in [-0.39, 0.29) is 11.4 Å². The van der Waals surface area contributed by atoms with E-state index in [4.69, 9.17) is 23.2 Å². The molecule has 0 aromatic heterocycles. The van der Waals surface area contributed by atoms with Crippen molar-refractivity contribution in [1.82, 2.24) is 5.32 Å². The Morgan fingerprint density at radius 2 is 2.05 bits per heavy atom. The molecular weight excluding hydrogens is 361 g/mol. The molecule has 0 atom stereocenters. The van der Waals surface area contributed by atoms with E-state index in [9.17, 15) is 4.79 Å². The van der Waals surface area contributed by atoms with E-state index < -0.39 is 0 Å². The highest BCUT2D eigenvalue weighted by atomic mass is 79.9. The quantitative estimate of drug-likeness (QED) is 0.731. The molecule has 0 radical (unpaired) electrons. The van der Waals surface area contributed by atoms with Crippen LogP contribution in [0, 0.1) is 5.92 Å². The largest absolute Gasteiger partial charge is 0.346 e. The van der Waals surface area contributed by atoms with Gasteiger partial charge in [0.1, 0.15) is 0 Å². The van der Waals surface area contributed by atoms with Crippen LogP contribution in [0.1, 0.15) is 43.0 Å². The second kappa shape index (κ2) is 6.67. The van der Waals surface area contributed by atoms with Gasteiger partial charge in [-0.3, -0.25) is 4.79 Å². The number of hydrogen-bond acceptors (Lipinski definition) is 1. The zero-order valence-electron chi connectivity index (χ0n) is 11.4. The van der Waals surface area contributed by atoms with Crippen molar-refractivity contribution in [2.45, 2.75) is 38.1 Å². The van der Waals surface area contributed by atoms with Crippen LogP contribution in [-0.4, -0.2) is 16.8 Å². The maximum atomic E-state index is 12.4. The van der Waals surface area contributed by atoms with E-state index in [0.29, 0.717) is 15.6 Å². The van der Waals surface area contributed by atoms with Gasteiger partial charge in [-0.2, -0.15) is 0 Å². The first-order chi connectivity index (χ1) is 9.46. The van der Waals surface area contributed by atoms with Gasteiger partial charge in [-0.1, -0.05) is 46.1 Å². The molecule has 2 nitrogen and oxygen atoms in total. The van der Waals surface area contributed by atoms with Crippen LogP contribution in [0.5, 0.6) is 0 Å². The van der Waals surface area contributed by atoms with Crippen LogP contribution in [0.25, 0.3) is 0 Å². The van der Waals surface area contributed by atoms with E-state index in [1.165, 1.54) is 0 Å². The summed E-state index contributed by atoms with van der Waals surface area (Å²) in [7, 11) is 0. The number of rotatable bonds is 3. The van der Waals surface area contributed by atoms with Crippen molar-refractivity contribution in [1.29, 1.82) is 0 Å². The van der Waals surface area contributed by atoms with Gasteiger partial charge in [0, 0.05) is 10.4 Å². The summed E-state index contributed by atoms with van der Waals surface area (Å²) in [6.45, 7) is 2.26. The Morgan fingerprint density at radius 1 is 1.40 bits per heavy atom. The first-order valence-electron chi connectivity index (χ1n) is 6.79. The summed E-state index contributed by atoms with van der Waals surface area (Å²) in [6, 6.07) is 4.96. The number of carbonyl (C=O) groups excluding carboxylic acids is 1. The maximum absolute atomic E-state index is 12.4. The van der Waals surface area contributed by atoms with Gasteiger partial charge >= 0.3 is 0 Å². The SMILES string of the molecule is CC1CCC(CBr)(NC(=O)c2ccc(Cl)cc2Cl)CC1. The molecule has 0 unspecified atom stereocenters. The van der Waals surface area contributed by atoms with Crippen LogP contribution < -0.4 is 5.32 Å². The van der Waals surface area contributed by atoms with Crippen LogP contribution in [0.3, 0.4) is 0 Å². The standard InChI is InChI=1S/C15H18BrCl2NO/c1-10-4-6-15(9-16,7-5-10)19-14(20)12-3-2-11(17)8-13(12)18/h2-3,8,10H,4-7,9H2,1H3,(H,19,20). The molecule has 1 aliphatic carbocycles. The normalized spacial score (nSPS) is 26.3. The molecule has 2 rings (SSSR count). The fraction of sp³-hybridized carbons (Fsp3) is 0.533. The summed E-state index contributed by atoms with van der Waals surface area (Å²) < 4.78 is 0. The lowest BCUT2D eigenvalue weighted by Gasteiger charge is -2.39. The molecule has 1 aromatic rings. The number of benzene rings is 1. The van der Waals surface area contributed by atoms with Crippen LogP contribution in [-0.2, 0) is 0 Å². The van der Waals surface area contributed by atoms with Crippen molar-refractivity contribution < 1.29 is 4.79 Å². The van der Waals surface area contributed by atoms with Gasteiger partial charge in [-0.05, 0) is 49.8 Å². The third-order valence-corrected chi connectivity index (χ3v) is 5.66. The molecule has 1 saturated carbocycles. The van der Waals surface area contributed by atoms with Crippen molar-refractivity contribution in [2.75, 3.05) is 5.33 Å². The Bertz CT molecular complexity index is 499. The van der Waals surface area contributed by atoms with Crippen molar-refractivity contribution in [2.24, 2.45) is 5.92 Å². The van der Waals surface area contributed by atoms with Crippen molar-refractivity contribution in [3.05, 3.63) is 33.8 Å². The van der Waals surface area contributed by atoms with Crippen molar-refractivity contribution >= 4 is 45.0 Å². The Kier molecular flexibility index (Phi) is 5.38. The second-order valence-corrected chi connectivity index (χ2v) is 7.08. The molecule has 1 amide bonds. The molecule has 110 valence electrons. The van der Waals surface area contributed by atoms with Crippen molar-refractivity contribution in [3.8, 4) is 0 Å². The number of halogens is 3. The molecule has 0 aliphatic heterocycles. The van der Waals surface area contributed by atoms with Gasteiger partial charge in [-0.15, -0.1) is 0 Å². The zero-order valence-corrected chi connectivity index (χ0v) is 14.5. The van der Waals surface area contributed by atoms with Gasteiger partial charge in [-0.25, -0.2) is 0 Å². The van der Waals surface area contributed by atoms with Gasteiger partial charge in [0.25, 0.3) is 5.91 Å². The molecule has 0 bridgehead atoms. The third kappa shape index (κ3) is 3.69. The lowest BCUT2D eigenvalue weighted by Crippen LogP contribution is -2.52. The van der Waals surface area contributed by atoms with E-state index in [0.717, 1.165) is 36.9 Å². The Hall–Kier alpha value is -0.250. The molecule has 0 spiro atoms. The van der Waals surface area contributed by atoms with E-state index in [1.54, 1.807) is 18.2 Å². The summed E-state index contributed by atoms with van der Waals surface area (Å²) >= 11 is 15.5. The number of hydrogen-bond donors (Lipinski definition) is 1. The van der Waals surface area contributed by atoms with Gasteiger partial charge in [0.2, 0.25) is 0 Å². The molecule has 1 aliphatic rings. The summed E-state index contributed by atoms with van der Waals surface area (Å²) in [6.07, 6.45) is 4.27. The molecular formula is C15H18BrCl2NO. The average molecular weight is 379 g/mol. The fourth-order valence-corrected chi connectivity index (χ4v) is 3.78. The maximum Gasteiger partial charge on any atom is 0.253 e. The van der Waals surface area contributed by atoms with Crippen LogP contribution >= 0.6 is 39.1 Å². The molecule has 1 fully saturated rings. The van der Waals surface area contributed by atoms with Crippen LogP contribution in [0.2, 0.25) is 10.0 Å². The number of carbonyl (C=O) groups is 1. The van der Waals surface area contributed by atoms with Gasteiger partial charge in [0.15, 0.2) is 0 Å². The topological polar surface area (TPSA) is 29.1 Å². The molecule has 1 N–H and O–H groups in total. The highest BCUT2D eigenvalue weighted by Gasteiger charge is 2.35. The first-order valence-corrected chi connectivity index (χ1v) is 8.67. The molecule has 5 heteroatoms. The van der Waals surface area contributed by atoms with E-state index in [2.05, 4.69) is 28.2 Å². The monoisotopic (exact) mass is 377 g/mol. The van der Waals surface area contributed by atoms with Crippen LogP contribution in [0.4, 0.5) is 0 Å². The Morgan fingerprint density at radius 3 is 2.60 bits per heavy atom. The Labute approximate surface area is 138 Å². The number of nitrogens with one attached hydrogen (secondary N) is 1. The molecule has 20 heavy (non-hydrogen) atoms. The zero-order chi connectivity index (χ0) is 14.8. The number of alkyl halides is 1. The van der Waals surface area contributed by atoms with Crippen LogP contribution in [0.15, 0.2) is 18.2 Å². The molecule has 0 saturated heterocycles. The van der Waals surface area contributed by atoms with Gasteiger partial charge in [0.05, 0.1) is 16.1 Å². The summed E-state index contributed by atoms with van der Waals surface area (Å²) in [5, 5.41) is 4.86. The van der Waals surface area contributed by atoms with Gasteiger partial charge < -0.3 is 5.32 Å². The number of amides is 1. The summed E-state index contributed by atoms with van der Waals surface area (Å²) in [4.78, 5) is 12.4. The summed E-state index contributed by atoms with van der Waals surface area (Å²) in [5.41, 5.74) is 0.321. The highest BCUT2D eigenvalue weighted by Crippen LogP contribution is 2.34. The minimum atomic E-state index is -0.160. The minimum Gasteiger partial charge on any atom is -0.346 e. The van der Waals surface area contributed by atoms with E-state index in [1.807, 2.05) is 0 Å². The predicted octanol–water partition coefficient (Wildman–Crippen LogP) is 5.07. The fourth-order valence-electron chi connectivity index (χ4n) is 2.59. The van der Waals surface area contributed by atoms with Crippen molar-refractivity contribution in [3.63, 3.8) is 0 Å².